The normalized spacial score (nSPS) is 27.3. The van der Waals surface area contributed by atoms with Gasteiger partial charge in [0.25, 0.3) is 5.91 Å². The second-order valence-electron chi connectivity index (χ2n) is 7.56. The fraction of sp³-hybridized carbons (Fsp3) is 0.368. The zero-order valence-electron chi connectivity index (χ0n) is 15.9. The molecular formula is C19H19N3O6S. The van der Waals surface area contributed by atoms with Crippen molar-refractivity contribution < 1.29 is 28.2 Å². The van der Waals surface area contributed by atoms with E-state index in [2.05, 4.69) is 10.5 Å². The molecule has 0 aliphatic carbocycles. The Morgan fingerprint density at radius 1 is 1.28 bits per heavy atom. The molecule has 9 nitrogen and oxygen atoms in total. The van der Waals surface area contributed by atoms with E-state index in [9.17, 15) is 23.7 Å². The number of hydrogen-bond donors (Lipinski definition) is 2. The molecule has 1 aromatic carbocycles. The number of aryl methyl sites for hydroxylation is 1. The first kappa shape index (κ1) is 19.3. The van der Waals surface area contributed by atoms with E-state index in [0.717, 1.165) is 4.90 Å². The molecule has 152 valence electrons. The minimum Gasteiger partial charge on any atom is -0.480 e. The SMILES string of the molecule is Cc1onc(-c2ccccc2)c1C(=O)N[C@@H]1C(=O)N2C(C(=O)O)C(C)(C)S(=O)[C@H]12. The lowest BCUT2D eigenvalue weighted by atomic mass is 9.95. The molecule has 4 atom stereocenters. The zero-order chi connectivity index (χ0) is 21.1. The van der Waals surface area contributed by atoms with Gasteiger partial charge < -0.3 is 19.8 Å². The third-order valence-corrected chi connectivity index (χ3v) is 7.61. The number of carboxylic acids is 1. The summed E-state index contributed by atoms with van der Waals surface area (Å²) in [4.78, 5) is 38.3. The minimum atomic E-state index is -1.66. The molecule has 2 saturated heterocycles. The van der Waals surface area contributed by atoms with Crippen LogP contribution in [0.5, 0.6) is 0 Å². The van der Waals surface area contributed by atoms with Gasteiger partial charge in [-0.05, 0) is 20.8 Å². The summed E-state index contributed by atoms with van der Waals surface area (Å²) in [6.07, 6.45) is 0. The highest BCUT2D eigenvalue weighted by atomic mass is 32.2. The number of nitrogens with one attached hydrogen (secondary N) is 1. The maximum Gasteiger partial charge on any atom is 0.328 e. The summed E-state index contributed by atoms with van der Waals surface area (Å²) in [5.74, 6) is -2.09. The average Bonchev–Trinajstić information content (AvgIpc) is 3.15. The molecule has 1 aromatic heterocycles. The molecule has 0 spiro atoms. The van der Waals surface area contributed by atoms with Crippen LogP contribution in [-0.4, -0.2) is 59.4 Å². The van der Waals surface area contributed by atoms with E-state index in [1.54, 1.807) is 45.0 Å². The second-order valence-corrected chi connectivity index (χ2v) is 9.69. The molecule has 2 aliphatic heterocycles. The summed E-state index contributed by atoms with van der Waals surface area (Å²) in [6.45, 7) is 4.68. The number of rotatable bonds is 4. The van der Waals surface area contributed by atoms with Gasteiger partial charge in [-0.1, -0.05) is 35.5 Å². The van der Waals surface area contributed by atoms with Gasteiger partial charge in [-0.15, -0.1) is 0 Å². The number of carbonyl (C=O) groups is 3. The molecule has 2 unspecified atom stereocenters. The van der Waals surface area contributed by atoms with Gasteiger partial charge in [-0.2, -0.15) is 0 Å². The molecule has 4 rings (SSSR count). The Kier molecular flexibility index (Phi) is 4.34. The van der Waals surface area contributed by atoms with Gasteiger partial charge in [-0.25, -0.2) is 4.79 Å². The molecule has 0 saturated carbocycles. The summed E-state index contributed by atoms with van der Waals surface area (Å²) < 4.78 is 16.9. The first-order valence-electron chi connectivity index (χ1n) is 8.94. The van der Waals surface area contributed by atoms with Crippen molar-refractivity contribution in [1.82, 2.24) is 15.4 Å². The third-order valence-electron chi connectivity index (χ3n) is 5.41. The number of amides is 2. The maximum atomic E-state index is 12.9. The van der Waals surface area contributed by atoms with Crippen molar-refractivity contribution in [2.75, 3.05) is 0 Å². The molecule has 2 N–H and O–H groups in total. The summed E-state index contributed by atoms with van der Waals surface area (Å²) in [5.41, 5.74) is 1.19. The highest BCUT2D eigenvalue weighted by Crippen LogP contribution is 2.43. The van der Waals surface area contributed by atoms with E-state index in [0.29, 0.717) is 11.3 Å². The topological polar surface area (TPSA) is 130 Å². The number of carbonyl (C=O) groups excluding carboxylic acids is 2. The Morgan fingerprint density at radius 3 is 2.55 bits per heavy atom. The van der Waals surface area contributed by atoms with Crippen LogP contribution < -0.4 is 5.32 Å². The number of nitrogens with zero attached hydrogens (tertiary/aromatic N) is 2. The molecule has 2 amide bonds. The van der Waals surface area contributed by atoms with E-state index in [1.807, 2.05) is 6.07 Å². The smallest absolute Gasteiger partial charge is 0.328 e. The largest absolute Gasteiger partial charge is 0.480 e. The lowest BCUT2D eigenvalue weighted by Crippen LogP contribution is -2.71. The fourth-order valence-electron chi connectivity index (χ4n) is 3.94. The van der Waals surface area contributed by atoms with Crippen LogP contribution in [0.4, 0.5) is 0 Å². The van der Waals surface area contributed by atoms with E-state index < -0.39 is 50.8 Å². The molecule has 0 bridgehead atoms. The van der Waals surface area contributed by atoms with E-state index in [4.69, 9.17) is 4.52 Å². The van der Waals surface area contributed by atoms with Crippen molar-refractivity contribution in [2.45, 2.75) is 43.0 Å². The summed E-state index contributed by atoms with van der Waals surface area (Å²) in [6, 6.07) is 6.70. The van der Waals surface area contributed by atoms with Crippen molar-refractivity contribution in [2.24, 2.45) is 0 Å². The molecule has 2 aliphatic rings. The van der Waals surface area contributed by atoms with Crippen LogP contribution in [0.15, 0.2) is 34.9 Å². The van der Waals surface area contributed by atoms with Crippen LogP contribution in [0.3, 0.4) is 0 Å². The predicted octanol–water partition coefficient (Wildman–Crippen LogP) is 0.911. The lowest BCUT2D eigenvalue weighted by molar-refractivity contribution is -0.159. The molecule has 29 heavy (non-hydrogen) atoms. The molecular weight excluding hydrogens is 398 g/mol. The Morgan fingerprint density at radius 2 is 1.93 bits per heavy atom. The van der Waals surface area contributed by atoms with Crippen LogP contribution >= 0.6 is 0 Å². The Bertz CT molecular complexity index is 1050. The lowest BCUT2D eigenvalue weighted by Gasteiger charge is -2.43. The number of benzene rings is 1. The van der Waals surface area contributed by atoms with E-state index in [-0.39, 0.29) is 11.3 Å². The molecule has 3 heterocycles. The van der Waals surface area contributed by atoms with Crippen molar-refractivity contribution in [1.29, 1.82) is 0 Å². The number of hydrogen-bond acceptors (Lipinski definition) is 6. The van der Waals surface area contributed by atoms with Crippen molar-refractivity contribution >= 4 is 28.6 Å². The van der Waals surface area contributed by atoms with Gasteiger partial charge in [0, 0.05) is 5.56 Å². The summed E-state index contributed by atoms with van der Waals surface area (Å²) in [5, 5.41) is 15.2. The monoisotopic (exact) mass is 417 g/mol. The van der Waals surface area contributed by atoms with Crippen LogP contribution in [0.1, 0.15) is 30.0 Å². The second kappa shape index (κ2) is 6.51. The molecule has 2 aromatic rings. The highest BCUT2D eigenvalue weighted by Gasteiger charge is 2.68. The van der Waals surface area contributed by atoms with Gasteiger partial charge in [0.15, 0.2) is 0 Å². The van der Waals surface area contributed by atoms with Gasteiger partial charge in [-0.3, -0.25) is 13.8 Å². The molecule has 0 radical (unpaired) electrons. The number of carboxylic acid groups (broad SMARTS) is 1. The van der Waals surface area contributed by atoms with Crippen molar-refractivity contribution in [3.05, 3.63) is 41.7 Å². The minimum absolute atomic E-state index is 0.181. The van der Waals surface area contributed by atoms with Gasteiger partial charge in [0.1, 0.15) is 34.5 Å². The number of aromatic nitrogens is 1. The predicted molar refractivity (Wildman–Crippen MR) is 102 cm³/mol. The standard InChI is InChI=1S/C19H19N3O6S/c1-9-11(12(21-28-9)10-7-5-4-6-8-10)15(23)20-13-16(24)22-14(18(25)26)19(2,3)29(27)17(13)22/h4-8,13-14,17H,1-3H3,(H,20,23)(H,25,26)/t13-,14?,17-,29?/m1/s1. The first-order valence-corrected chi connectivity index (χ1v) is 10.2. The first-order chi connectivity index (χ1) is 13.7. The Hall–Kier alpha value is -3.01. The third kappa shape index (κ3) is 2.70. The zero-order valence-corrected chi connectivity index (χ0v) is 16.7. The van der Waals surface area contributed by atoms with Crippen LogP contribution in [-0.2, 0) is 20.4 Å². The summed E-state index contributed by atoms with van der Waals surface area (Å²) >= 11 is 0. The van der Waals surface area contributed by atoms with E-state index >= 15 is 0 Å². The fourth-order valence-corrected chi connectivity index (χ4v) is 5.86. The van der Waals surface area contributed by atoms with Gasteiger partial charge in [0.05, 0.1) is 15.5 Å². The average molecular weight is 417 g/mol. The number of β-lactam (4-membered cyclic amide) rings is 1. The maximum absolute atomic E-state index is 12.9. The van der Waals surface area contributed by atoms with E-state index in [1.165, 1.54) is 0 Å². The Labute approximate surface area is 168 Å². The van der Waals surface area contributed by atoms with Crippen LogP contribution in [0.2, 0.25) is 0 Å². The highest BCUT2D eigenvalue weighted by molar-refractivity contribution is 7.87. The molecule has 10 heteroatoms. The van der Waals surface area contributed by atoms with Gasteiger partial charge in [0.2, 0.25) is 5.91 Å². The van der Waals surface area contributed by atoms with Gasteiger partial charge >= 0.3 is 5.97 Å². The number of aliphatic carboxylic acids is 1. The van der Waals surface area contributed by atoms with Crippen molar-refractivity contribution in [3.8, 4) is 11.3 Å². The molecule has 2 fully saturated rings. The summed E-state index contributed by atoms with van der Waals surface area (Å²) in [7, 11) is -1.66. The quantitative estimate of drug-likeness (QED) is 0.707. The van der Waals surface area contributed by atoms with Crippen molar-refractivity contribution in [3.63, 3.8) is 0 Å². The number of fused-ring (bicyclic) bond motifs is 1. The Balaban J connectivity index is 1.62. The van der Waals surface area contributed by atoms with Crippen LogP contribution in [0, 0.1) is 6.92 Å². The van der Waals surface area contributed by atoms with Crippen LogP contribution in [0.25, 0.3) is 11.3 Å².